The van der Waals surface area contributed by atoms with Crippen molar-refractivity contribution in [2.75, 3.05) is 27.3 Å². The summed E-state index contributed by atoms with van der Waals surface area (Å²) in [5.74, 6) is 1.63. The van der Waals surface area contributed by atoms with Crippen LogP contribution in [0.2, 0.25) is 0 Å². The van der Waals surface area contributed by atoms with E-state index < -0.39 is 6.10 Å². The van der Waals surface area contributed by atoms with Gasteiger partial charge in [0.25, 0.3) is 0 Å². The van der Waals surface area contributed by atoms with Gasteiger partial charge in [0.05, 0.1) is 26.7 Å². The lowest BCUT2D eigenvalue weighted by Gasteiger charge is -2.34. The Bertz CT molecular complexity index is 723. The van der Waals surface area contributed by atoms with Crippen LogP contribution in [0.25, 0.3) is 0 Å². The molecule has 1 amide bonds. The third kappa shape index (κ3) is 4.19. The summed E-state index contributed by atoms with van der Waals surface area (Å²) in [5.41, 5.74) is 0.911. The Morgan fingerprint density at radius 2 is 1.96 bits per heavy atom. The van der Waals surface area contributed by atoms with Gasteiger partial charge < -0.3 is 19.5 Å². The van der Waals surface area contributed by atoms with Crippen LogP contribution in [-0.4, -0.2) is 43.2 Å². The van der Waals surface area contributed by atoms with Gasteiger partial charge in [0.1, 0.15) is 0 Å². The number of hydrogen-bond donors (Lipinski definition) is 1. The molecule has 1 aliphatic heterocycles. The van der Waals surface area contributed by atoms with E-state index in [2.05, 4.69) is 0 Å². The molecule has 0 radical (unpaired) electrons. The Kier molecular flexibility index (Phi) is 6.16. The van der Waals surface area contributed by atoms with Gasteiger partial charge in [0, 0.05) is 18.0 Å². The minimum Gasteiger partial charge on any atom is -0.493 e. The van der Waals surface area contributed by atoms with E-state index in [0.29, 0.717) is 31.0 Å². The summed E-state index contributed by atoms with van der Waals surface area (Å²) in [7, 11) is 3.19. The van der Waals surface area contributed by atoms with E-state index in [1.165, 1.54) is 0 Å². The van der Waals surface area contributed by atoms with Crippen molar-refractivity contribution in [2.24, 2.45) is 5.92 Å². The van der Waals surface area contributed by atoms with Gasteiger partial charge in [0.2, 0.25) is 5.91 Å². The predicted octanol–water partition coefficient (Wildman–Crippen LogP) is 3.28. The number of nitrogens with zero attached hydrogens (tertiary/aromatic N) is 1. The second kappa shape index (κ2) is 8.56. The van der Waals surface area contributed by atoms with Crippen LogP contribution >= 0.6 is 11.3 Å². The average molecular weight is 375 g/mol. The second-order valence-corrected chi connectivity index (χ2v) is 7.52. The van der Waals surface area contributed by atoms with Crippen LogP contribution in [0.3, 0.4) is 0 Å². The van der Waals surface area contributed by atoms with Crippen molar-refractivity contribution in [2.45, 2.75) is 25.4 Å². The molecule has 140 valence electrons. The fraction of sp³-hybridized carbons (Fsp3) is 0.450. The van der Waals surface area contributed by atoms with Gasteiger partial charge in [0.15, 0.2) is 11.5 Å². The van der Waals surface area contributed by atoms with E-state index in [1.807, 2.05) is 40.6 Å². The first-order chi connectivity index (χ1) is 12.6. The Hall–Kier alpha value is -2.05. The van der Waals surface area contributed by atoms with Crippen molar-refractivity contribution in [1.29, 1.82) is 0 Å². The number of aliphatic hydroxyl groups is 1. The number of aliphatic hydroxyl groups excluding tert-OH is 1. The number of likely N-dealkylation sites (tertiary alicyclic amines) is 1. The number of amides is 1. The maximum absolute atomic E-state index is 12.6. The molecule has 1 N–H and O–H groups in total. The van der Waals surface area contributed by atoms with Gasteiger partial charge in [-0.15, -0.1) is 11.3 Å². The zero-order valence-corrected chi connectivity index (χ0v) is 16.0. The maximum Gasteiger partial charge on any atom is 0.226 e. The highest BCUT2D eigenvalue weighted by molar-refractivity contribution is 7.10. The Labute approximate surface area is 158 Å². The number of carbonyl (C=O) groups is 1. The molecule has 26 heavy (non-hydrogen) atoms. The van der Waals surface area contributed by atoms with Crippen molar-refractivity contribution in [3.8, 4) is 11.5 Å². The van der Waals surface area contributed by atoms with Gasteiger partial charge in [-0.2, -0.15) is 0 Å². The number of benzene rings is 1. The molecule has 5 nitrogen and oxygen atoms in total. The van der Waals surface area contributed by atoms with Crippen LogP contribution in [0.4, 0.5) is 0 Å². The molecule has 6 heteroatoms. The molecule has 1 aromatic carbocycles. The minimum atomic E-state index is -0.418. The fourth-order valence-electron chi connectivity index (χ4n) is 3.43. The molecule has 2 heterocycles. The first-order valence-corrected chi connectivity index (χ1v) is 9.70. The van der Waals surface area contributed by atoms with Gasteiger partial charge >= 0.3 is 0 Å². The monoisotopic (exact) mass is 375 g/mol. The molecule has 1 saturated heterocycles. The highest BCUT2D eigenvalue weighted by atomic mass is 32.1. The largest absolute Gasteiger partial charge is 0.493 e. The molecule has 1 fully saturated rings. The molecule has 0 aliphatic carbocycles. The van der Waals surface area contributed by atoms with Crippen molar-refractivity contribution in [3.05, 3.63) is 46.2 Å². The summed E-state index contributed by atoms with van der Waals surface area (Å²) in [6, 6.07) is 9.51. The van der Waals surface area contributed by atoms with Crippen LogP contribution in [0.5, 0.6) is 11.5 Å². The summed E-state index contributed by atoms with van der Waals surface area (Å²) in [6.45, 7) is 1.39. The third-order valence-electron chi connectivity index (χ3n) is 4.98. The molecule has 0 saturated carbocycles. The van der Waals surface area contributed by atoms with E-state index in [9.17, 15) is 9.90 Å². The van der Waals surface area contributed by atoms with Gasteiger partial charge in [-0.1, -0.05) is 12.1 Å². The van der Waals surface area contributed by atoms with Crippen molar-refractivity contribution in [1.82, 2.24) is 4.90 Å². The molecule has 2 aromatic rings. The normalized spacial score (nSPS) is 16.3. The van der Waals surface area contributed by atoms with Crippen molar-refractivity contribution < 1.29 is 19.4 Å². The van der Waals surface area contributed by atoms with Crippen LogP contribution < -0.4 is 9.47 Å². The SMILES string of the molecule is COc1ccc(CC(=O)N2CCC(C(O)c3cccs3)CC2)cc1OC. The predicted molar refractivity (Wildman–Crippen MR) is 102 cm³/mol. The van der Waals surface area contributed by atoms with Gasteiger partial charge in [-0.25, -0.2) is 0 Å². The number of ether oxygens (including phenoxy) is 2. The molecular formula is C20H25NO4S. The molecular weight excluding hydrogens is 350 g/mol. The number of methoxy groups -OCH3 is 2. The summed E-state index contributed by atoms with van der Waals surface area (Å²) >= 11 is 1.59. The third-order valence-corrected chi connectivity index (χ3v) is 5.92. The van der Waals surface area contributed by atoms with Gasteiger partial charge in [-0.3, -0.25) is 4.79 Å². The zero-order valence-electron chi connectivity index (χ0n) is 15.2. The van der Waals surface area contributed by atoms with E-state index >= 15 is 0 Å². The molecule has 1 aliphatic rings. The highest BCUT2D eigenvalue weighted by Crippen LogP contribution is 2.33. The Morgan fingerprint density at radius 3 is 2.58 bits per heavy atom. The Morgan fingerprint density at radius 1 is 1.23 bits per heavy atom. The number of carbonyl (C=O) groups excluding carboxylic acids is 1. The van der Waals surface area contributed by atoms with E-state index in [1.54, 1.807) is 25.6 Å². The van der Waals surface area contributed by atoms with E-state index in [-0.39, 0.29) is 11.8 Å². The van der Waals surface area contributed by atoms with Crippen LogP contribution in [-0.2, 0) is 11.2 Å². The van der Waals surface area contributed by atoms with Gasteiger partial charge in [-0.05, 0) is 47.9 Å². The topological polar surface area (TPSA) is 59.0 Å². The lowest BCUT2D eigenvalue weighted by molar-refractivity contribution is -0.132. The number of thiophene rings is 1. The first kappa shape index (κ1) is 18.7. The quantitative estimate of drug-likeness (QED) is 0.842. The summed E-state index contributed by atoms with van der Waals surface area (Å²) in [6.07, 6.45) is 1.59. The molecule has 1 unspecified atom stereocenters. The van der Waals surface area contributed by atoms with E-state index in [0.717, 1.165) is 23.3 Å². The Balaban J connectivity index is 1.55. The number of hydrogen-bond acceptors (Lipinski definition) is 5. The molecule has 1 atom stereocenters. The lowest BCUT2D eigenvalue weighted by Crippen LogP contribution is -2.40. The number of piperidine rings is 1. The number of rotatable bonds is 6. The summed E-state index contributed by atoms with van der Waals surface area (Å²) < 4.78 is 10.5. The van der Waals surface area contributed by atoms with Crippen LogP contribution in [0.1, 0.15) is 29.4 Å². The fourth-order valence-corrected chi connectivity index (χ4v) is 4.24. The van der Waals surface area contributed by atoms with Crippen molar-refractivity contribution >= 4 is 17.2 Å². The van der Waals surface area contributed by atoms with Crippen LogP contribution in [0, 0.1) is 5.92 Å². The molecule has 0 spiro atoms. The summed E-state index contributed by atoms with van der Waals surface area (Å²) in [5, 5.41) is 12.5. The van der Waals surface area contributed by atoms with Crippen LogP contribution in [0.15, 0.2) is 35.7 Å². The maximum atomic E-state index is 12.6. The average Bonchev–Trinajstić information content (AvgIpc) is 3.22. The smallest absolute Gasteiger partial charge is 0.226 e. The van der Waals surface area contributed by atoms with E-state index in [4.69, 9.17) is 9.47 Å². The first-order valence-electron chi connectivity index (χ1n) is 8.82. The minimum absolute atomic E-state index is 0.112. The molecule has 1 aromatic heterocycles. The van der Waals surface area contributed by atoms with Crippen molar-refractivity contribution in [3.63, 3.8) is 0 Å². The molecule has 3 rings (SSSR count). The summed E-state index contributed by atoms with van der Waals surface area (Å²) in [4.78, 5) is 15.5. The standard InChI is InChI=1S/C20H25NO4S/c1-24-16-6-5-14(12-17(16)25-2)13-19(22)21-9-7-15(8-10-21)20(23)18-4-3-11-26-18/h3-6,11-12,15,20,23H,7-10,13H2,1-2H3. The highest BCUT2D eigenvalue weighted by Gasteiger charge is 2.28. The lowest BCUT2D eigenvalue weighted by atomic mass is 9.90. The molecule has 0 bridgehead atoms. The zero-order chi connectivity index (χ0) is 18.5. The second-order valence-electron chi connectivity index (χ2n) is 6.54.